The predicted octanol–water partition coefficient (Wildman–Crippen LogP) is 1.69. The maximum atomic E-state index is 5.94. The Bertz CT molecular complexity index is 590. The van der Waals surface area contributed by atoms with Crippen molar-refractivity contribution < 1.29 is 0 Å². The van der Waals surface area contributed by atoms with E-state index in [0.29, 0.717) is 5.69 Å². The minimum atomic E-state index is 0.650. The van der Waals surface area contributed by atoms with Crippen molar-refractivity contribution >= 4 is 17.2 Å². The van der Waals surface area contributed by atoms with Crippen LogP contribution in [-0.2, 0) is 0 Å². The molecule has 0 atom stereocenters. The Labute approximate surface area is 119 Å². The van der Waals surface area contributed by atoms with Crippen LogP contribution < -0.4 is 15.5 Å². The molecule has 1 aliphatic heterocycles. The van der Waals surface area contributed by atoms with Gasteiger partial charge in [0.25, 0.3) is 0 Å². The Morgan fingerprint density at radius 2 is 1.85 bits per heavy atom. The summed E-state index contributed by atoms with van der Waals surface area (Å²) < 4.78 is 0. The summed E-state index contributed by atoms with van der Waals surface area (Å²) >= 11 is 0. The highest BCUT2D eigenvalue weighted by molar-refractivity contribution is 5.62. The summed E-state index contributed by atoms with van der Waals surface area (Å²) in [6, 6.07) is 8.64. The van der Waals surface area contributed by atoms with Gasteiger partial charge in [-0.25, -0.2) is 9.97 Å². The molecule has 0 amide bonds. The predicted molar refractivity (Wildman–Crippen MR) is 82.0 cm³/mol. The van der Waals surface area contributed by atoms with Crippen LogP contribution in [0.3, 0.4) is 0 Å². The monoisotopic (exact) mass is 269 g/mol. The van der Waals surface area contributed by atoms with E-state index in [-0.39, 0.29) is 0 Å². The third kappa shape index (κ3) is 2.52. The molecule has 0 saturated carbocycles. The van der Waals surface area contributed by atoms with E-state index in [1.807, 2.05) is 0 Å². The first kappa shape index (κ1) is 12.7. The van der Waals surface area contributed by atoms with Gasteiger partial charge in [-0.05, 0) is 24.6 Å². The van der Waals surface area contributed by atoms with Gasteiger partial charge in [0.2, 0.25) is 0 Å². The van der Waals surface area contributed by atoms with Gasteiger partial charge in [-0.3, -0.25) is 0 Å². The van der Waals surface area contributed by atoms with Gasteiger partial charge in [0.1, 0.15) is 6.33 Å². The fraction of sp³-hybridized carbons (Fsp3) is 0.333. The summed E-state index contributed by atoms with van der Waals surface area (Å²) in [5.41, 5.74) is 9.17. The number of piperazine rings is 1. The molecule has 1 aliphatic rings. The Balaban J connectivity index is 1.70. The van der Waals surface area contributed by atoms with Gasteiger partial charge in [0, 0.05) is 31.9 Å². The molecule has 0 radical (unpaired) electrons. The maximum absolute atomic E-state index is 5.94. The smallest absolute Gasteiger partial charge is 0.155 e. The zero-order valence-electron chi connectivity index (χ0n) is 11.7. The van der Waals surface area contributed by atoms with Crippen molar-refractivity contribution in [1.29, 1.82) is 0 Å². The first-order valence-corrected chi connectivity index (χ1v) is 6.86. The number of rotatable bonds is 2. The number of nitrogens with two attached hydrogens (primary N) is 1. The first-order chi connectivity index (χ1) is 9.74. The minimum Gasteiger partial charge on any atom is -0.394 e. The van der Waals surface area contributed by atoms with Crippen LogP contribution in [-0.4, -0.2) is 36.1 Å². The molecule has 5 nitrogen and oxygen atoms in total. The molecule has 0 spiro atoms. The van der Waals surface area contributed by atoms with E-state index in [2.05, 4.69) is 51.0 Å². The molecule has 0 aliphatic carbocycles. The number of anilines is 3. The molecule has 1 aromatic heterocycles. The Morgan fingerprint density at radius 1 is 1.10 bits per heavy atom. The standard InChI is InChI=1S/C15H19N5/c1-12-3-2-4-13(9-12)19-5-7-20(8-6-19)15-14(16)10-17-11-18-15/h2-4,9-11H,5-8,16H2,1H3. The largest absolute Gasteiger partial charge is 0.394 e. The van der Waals surface area contributed by atoms with Gasteiger partial charge in [-0.15, -0.1) is 0 Å². The van der Waals surface area contributed by atoms with Crippen LogP contribution in [0, 0.1) is 6.92 Å². The molecule has 0 unspecified atom stereocenters. The van der Waals surface area contributed by atoms with E-state index in [0.717, 1.165) is 32.0 Å². The molecule has 0 bridgehead atoms. The fourth-order valence-corrected chi connectivity index (χ4v) is 2.60. The van der Waals surface area contributed by atoms with E-state index in [1.54, 1.807) is 12.5 Å². The van der Waals surface area contributed by atoms with Crippen LogP contribution >= 0.6 is 0 Å². The highest BCUT2D eigenvalue weighted by Gasteiger charge is 2.19. The molecule has 1 fully saturated rings. The van der Waals surface area contributed by atoms with Crippen molar-refractivity contribution in [2.45, 2.75) is 6.92 Å². The number of hydrogen-bond donors (Lipinski definition) is 1. The summed E-state index contributed by atoms with van der Waals surface area (Å²) in [7, 11) is 0. The zero-order chi connectivity index (χ0) is 13.9. The lowest BCUT2D eigenvalue weighted by atomic mass is 10.2. The normalized spacial score (nSPS) is 15.4. The lowest BCUT2D eigenvalue weighted by molar-refractivity contribution is 0.647. The Kier molecular flexibility index (Phi) is 3.41. The molecule has 5 heteroatoms. The van der Waals surface area contributed by atoms with E-state index in [1.165, 1.54) is 11.3 Å². The van der Waals surface area contributed by atoms with Crippen LogP contribution in [0.4, 0.5) is 17.2 Å². The summed E-state index contributed by atoms with van der Waals surface area (Å²) in [5.74, 6) is 0.851. The Morgan fingerprint density at radius 3 is 2.55 bits per heavy atom. The number of hydrogen-bond acceptors (Lipinski definition) is 5. The van der Waals surface area contributed by atoms with Crippen LogP contribution in [0.1, 0.15) is 5.56 Å². The second kappa shape index (κ2) is 5.36. The molecule has 104 valence electrons. The lowest BCUT2D eigenvalue weighted by Crippen LogP contribution is -2.47. The average Bonchev–Trinajstić information content (AvgIpc) is 2.48. The summed E-state index contributed by atoms with van der Waals surface area (Å²) in [6.45, 7) is 5.94. The SMILES string of the molecule is Cc1cccc(N2CCN(c3ncncc3N)CC2)c1. The molecular weight excluding hydrogens is 250 g/mol. The van der Waals surface area contributed by atoms with Gasteiger partial charge in [0.15, 0.2) is 5.82 Å². The van der Waals surface area contributed by atoms with Crippen LogP contribution in [0.2, 0.25) is 0 Å². The Hall–Kier alpha value is -2.30. The number of aromatic nitrogens is 2. The molecule has 1 saturated heterocycles. The zero-order valence-corrected chi connectivity index (χ0v) is 11.7. The van der Waals surface area contributed by atoms with Crippen molar-refractivity contribution in [3.63, 3.8) is 0 Å². The molecule has 20 heavy (non-hydrogen) atoms. The first-order valence-electron chi connectivity index (χ1n) is 6.86. The maximum Gasteiger partial charge on any atom is 0.155 e. The van der Waals surface area contributed by atoms with Crippen LogP contribution in [0.15, 0.2) is 36.8 Å². The summed E-state index contributed by atoms with van der Waals surface area (Å²) in [4.78, 5) is 12.9. The number of nitrogens with zero attached hydrogens (tertiary/aromatic N) is 4. The fourth-order valence-electron chi connectivity index (χ4n) is 2.60. The minimum absolute atomic E-state index is 0.650. The van der Waals surface area contributed by atoms with Gasteiger partial charge in [-0.2, -0.15) is 0 Å². The molecule has 2 heterocycles. The molecule has 1 aromatic carbocycles. The third-order valence-corrected chi connectivity index (χ3v) is 3.66. The van der Waals surface area contributed by atoms with Gasteiger partial charge in [0.05, 0.1) is 11.9 Å². The number of aryl methyl sites for hydroxylation is 1. The van der Waals surface area contributed by atoms with E-state index < -0.39 is 0 Å². The highest BCUT2D eigenvalue weighted by Crippen LogP contribution is 2.22. The topological polar surface area (TPSA) is 58.3 Å². The summed E-state index contributed by atoms with van der Waals surface area (Å²) in [5, 5.41) is 0. The summed E-state index contributed by atoms with van der Waals surface area (Å²) in [6.07, 6.45) is 3.22. The van der Waals surface area contributed by atoms with E-state index >= 15 is 0 Å². The van der Waals surface area contributed by atoms with Crippen LogP contribution in [0.5, 0.6) is 0 Å². The van der Waals surface area contributed by atoms with Crippen molar-refractivity contribution in [1.82, 2.24) is 9.97 Å². The number of nitrogen functional groups attached to an aromatic ring is 1. The highest BCUT2D eigenvalue weighted by atomic mass is 15.3. The van der Waals surface area contributed by atoms with Gasteiger partial charge in [-0.1, -0.05) is 12.1 Å². The van der Waals surface area contributed by atoms with Crippen molar-refractivity contribution in [3.8, 4) is 0 Å². The van der Waals surface area contributed by atoms with Crippen molar-refractivity contribution in [2.75, 3.05) is 41.7 Å². The van der Waals surface area contributed by atoms with Crippen molar-refractivity contribution in [2.24, 2.45) is 0 Å². The van der Waals surface area contributed by atoms with Gasteiger partial charge < -0.3 is 15.5 Å². The second-order valence-corrected chi connectivity index (χ2v) is 5.11. The molecule has 2 aromatic rings. The second-order valence-electron chi connectivity index (χ2n) is 5.11. The van der Waals surface area contributed by atoms with Crippen LogP contribution in [0.25, 0.3) is 0 Å². The third-order valence-electron chi connectivity index (χ3n) is 3.66. The number of benzene rings is 1. The van der Waals surface area contributed by atoms with Gasteiger partial charge >= 0.3 is 0 Å². The van der Waals surface area contributed by atoms with Crippen molar-refractivity contribution in [3.05, 3.63) is 42.4 Å². The van der Waals surface area contributed by atoms with E-state index in [4.69, 9.17) is 5.73 Å². The molecule has 2 N–H and O–H groups in total. The lowest BCUT2D eigenvalue weighted by Gasteiger charge is -2.37. The average molecular weight is 269 g/mol. The quantitative estimate of drug-likeness (QED) is 0.899. The molecular formula is C15H19N5. The van der Waals surface area contributed by atoms with E-state index in [9.17, 15) is 0 Å². The molecule has 3 rings (SSSR count).